The zero-order chi connectivity index (χ0) is 7.15. The number of rotatable bonds is 0. The molecule has 0 heterocycles. The van der Waals surface area contributed by atoms with Gasteiger partial charge in [0.2, 0.25) is 0 Å². The van der Waals surface area contributed by atoms with E-state index in [2.05, 4.69) is 0 Å². The van der Waals surface area contributed by atoms with Crippen molar-refractivity contribution in [2.24, 2.45) is 0 Å². The van der Waals surface area contributed by atoms with Crippen LogP contribution < -0.4 is 6.15 Å². The van der Waals surface area contributed by atoms with Crippen molar-refractivity contribution in [2.75, 3.05) is 0 Å². The molecule has 0 unspecified atom stereocenters. The molecule has 0 rings (SSSR count). The molecule has 0 aromatic heterocycles. The molecule has 0 spiro atoms. The minimum atomic E-state index is -1.83. The molecule has 0 amide bonds. The van der Waals surface area contributed by atoms with Crippen LogP contribution in [-0.2, 0) is 0 Å². The van der Waals surface area contributed by atoms with Gasteiger partial charge in [-0.1, -0.05) is 0 Å². The molecule has 0 aliphatic heterocycles. The van der Waals surface area contributed by atoms with Crippen molar-refractivity contribution in [3.05, 3.63) is 0 Å². The molecule has 0 radical (unpaired) electrons. The molecule has 7 nitrogen and oxygen atoms in total. The Balaban J connectivity index is -0.0000000112. The molecule has 0 aliphatic carbocycles. The van der Waals surface area contributed by atoms with E-state index in [1.165, 1.54) is 0 Å². The summed E-state index contributed by atoms with van der Waals surface area (Å²) in [5, 5.41) is 27.9. The summed E-state index contributed by atoms with van der Waals surface area (Å²) in [5.74, 6) is 0. The average molecular weight is 167 g/mol. The number of hydrogen-bond donors (Lipinski definition) is 5. The number of hydrogen-bond acceptors (Lipinski definition) is 3. The Morgan fingerprint density at radius 1 is 0.900 bits per heavy atom. The largest absolute Gasteiger partial charge is 2.00 e. The molecule has 0 saturated carbocycles. The molecule has 0 fully saturated rings. The zero-order valence-corrected chi connectivity index (χ0v) is 6.43. The smallest absolute Gasteiger partial charge is 1.00 e. The zero-order valence-electron chi connectivity index (χ0n) is 7.02. The van der Waals surface area contributed by atoms with Gasteiger partial charge in [-0.25, -0.2) is 9.59 Å². The molecule has 0 aromatic rings. The van der Waals surface area contributed by atoms with Crippen LogP contribution >= 0.6 is 0 Å². The van der Waals surface area contributed by atoms with Gasteiger partial charge in [0.05, 0.1) is 0 Å². The topological polar surface area (TPSA) is 150 Å². The van der Waals surface area contributed by atoms with E-state index in [0.717, 1.165) is 0 Å². The molecule has 0 atom stereocenters. The summed E-state index contributed by atoms with van der Waals surface area (Å²) in [4.78, 5) is 17.1. The van der Waals surface area contributed by atoms with Crippen molar-refractivity contribution in [1.29, 1.82) is 0 Å². The van der Waals surface area contributed by atoms with Gasteiger partial charge in [-0.3, -0.25) is 0 Å². The Hall–Kier alpha value is -0.734. The van der Waals surface area contributed by atoms with E-state index in [9.17, 15) is 0 Å². The van der Waals surface area contributed by atoms with Gasteiger partial charge < -0.3 is 29.4 Å². The van der Waals surface area contributed by atoms with Crippen LogP contribution in [0.3, 0.4) is 0 Å². The maximum absolute atomic E-state index is 8.56. The van der Waals surface area contributed by atoms with Crippen LogP contribution in [0.15, 0.2) is 0 Å². The van der Waals surface area contributed by atoms with Gasteiger partial charge in [0.1, 0.15) is 0 Å². The fourth-order valence-electron chi connectivity index (χ4n) is 0. The van der Waals surface area contributed by atoms with Crippen LogP contribution in [0.2, 0.25) is 0 Å². The predicted molar refractivity (Wildman–Crippen MR) is 34.3 cm³/mol. The van der Waals surface area contributed by atoms with E-state index in [4.69, 9.17) is 30.0 Å². The first-order chi connectivity index (χ1) is 3.46. The third-order valence-corrected chi connectivity index (χ3v) is 0. The van der Waals surface area contributed by atoms with E-state index in [0.29, 0.717) is 0 Å². The van der Waals surface area contributed by atoms with Gasteiger partial charge in [-0.15, -0.1) is 0 Å². The van der Waals surface area contributed by atoms with Crippen LogP contribution in [0.1, 0.15) is 2.85 Å². The second kappa shape index (κ2) is 15.7. The van der Waals surface area contributed by atoms with Crippen LogP contribution in [-0.4, -0.2) is 55.8 Å². The fraction of sp³-hybridized carbons (Fsp3) is 0. The Bertz CT molecular complexity index is 81.5. The molecule has 0 saturated heterocycles. The molecular weight excluding hydrogens is 158 g/mol. The first-order valence-corrected chi connectivity index (χ1v) is 1.30. The van der Waals surface area contributed by atoms with Crippen LogP contribution in [0.5, 0.6) is 0 Å². The Labute approximate surface area is 75.0 Å². The molecule has 8 heteroatoms. The van der Waals surface area contributed by atoms with Crippen molar-refractivity contribution in [2.45, 2.75) is 0 Å². The summed E-state index contributed by atoms with van der Waals surface area (Å²) < 4.78 is 0. The number of carbonyl (C=O) groups is 2. The molecule has 0 bridgehead atoms. The summed E-state index contributed by atoms with van der Waals surface area (Å²) in [5.41, 5.74) is 0. The second-order valence-electron chi connectivity index (χ2n) is 0.565. The second-order valence-corrected chi connectivity index (χ2v) is 0.565. The summed E-state index contributed by atoms with van der Waals surface area (Å²) in [6, 6.07) is 0. The quantitative estimate of drug-likeness (QED) is 0.329. The van der Waals surface area contributed by atoms with Crippen molar-refractivity contribution >= 4 is 35.4 Å². The monoisotopic (exact) mass is 167 g/mol. The van der Waals surface area contributed by atoms with Gasteiger partial charge in [0.25, 0.3) is 0 Å². The molecule has 10 heavy (non-hydrogen) atoms. The van der Waals surface area contributed by atoms with Crippen molar-refractivity contribution in [3.8, 4) is 0 Å². The Morgan fingerprint density at radius 3 is 0.900 bits per heavy atom. The average Bonchev–Trinajstić information content (AvgIpc) is 1.25. The van der Waals surface area contributed by atoms with Gasteiger partial charge in [0.15, 0.2) is 0 Å². The van der Waals surface area contributed by atoms with E-state index in [1.807, 2.05) is 0 Å². The van der Waals surface area contributed by atoms with Crippen molar-refractivity contribution in [3.63, 3.8) is 0 Å². The maximum Gasteiger partial charge on any atom is 2.00 e. The number of carboxylic acid groups (broad SMARTS) is 4. The van der Waals surface area contributed by atoms with E-state index in [1.54, 1.807) is 0 Å². The Kier molecular flexibility index (Phi) is 35.9. The van der Waals surface area contributed by atoms with E-state index in [-0.39, 0.29) is 32.1 Å². The summed E-state index contributed by atoms with van der Waals surface area (Å²) in [6.45, 7) is 0. The standard InChI is InChI=1S/2CH2O3.Mg.H3N.2H/c2*2-1(3)4;;;;/h2*(H2,2,3,4);;1H3;;/q;;+2;;2*-1. The first kappa shape index (κ1) is 22.8. The van der Waals surface area contributed by atoms with Gasteiger partial charge >= 0.3 is 35.4 Å². The van der Waals surface area contributed by atoms with E-state index >= 15 is 0 Å². The van der Waals surface area contributed by atoms with Crippen LogP contribution in [0.25, 0.3) is 0 Å². The molecule has 0 aromatic carbocycles. The van der Waals surface area contributed by atoms with Crippen LogP contribution in [0, 0.1) is 0 Å². The molecule has 7 N–H and O–H groups in total. The summed E-state index contributed by atoms with van der Waals surface area (Å²) >= 11 is 0. The third-order valence-electron chi connectivity index (χ3n) is 0. The SMILES string of the molecule is N.O=C(O)O.O=C(O)O.[H-].[H-].[Mg+2]. The van der Waals surface area contributed by atoms with Crippen molar-refractivity contribution in [1.82, 2.24) is 6.15 Å². The minimum absolute atomic E-state index is 0. The molecule has 0 aliphatic rings. The van der Waals surface area contributed by atoms with Gasteiger partial charge in [0, 0.05) is 0 Å². The summed E-state index contributed by atoms with van der Waals surface area (Å²) in [7, 11) is 0. The minimum Gasteiger partial charge on any atom is -1.00 e. The maximum atomic E-state index is 8.56. The van der Waals surface area contributed by atoms with Gasteiger partial charge in [-0.2, -0.15) is 0 Å². The Morgan fingerprint density at radius 2 is 0.900 bits per heavy atom. The normalized spacial score (nSPS) is 4.80. The van der Waals surface area contributed by atoms with Gasteiger partial charge in [-0.05, 0) is 0 Å². The molecule has 60 valence electrons. The summed E-state index contributed by atoms with van der Waals surface area (Å²) in [6.07, 6.45) is -3.67. The van der Waals surface area contributed by atoms with Crippen molar-refractivity contribution < 1.29 is 32.9 Å². The predicted octanol–water partition coefficient (Wildman–Crippen LogP) is 0.451. The van der Waals surface area contributed by atoms with E-state index < -0.39 is 12.3 Å². The third kappa shape index (κ3) is 530. The first-order valence-electron chi connectivity index (χ1n) is 1.30. The van der Waals surface area contributed by atoms with Crippen LogP contribution in [0.4, 0.5) is 9.59 Å². The fourth-order valence-corrected chi connectivity index (χ4v) is 0. The molecular formula is C2H9MgNO6.